The monoisotopic (exact) mass is 304 g/mol. The van der Waals surface area contributed by atoms with Gasteiger partial charge in [0.05, 0.1) is 0 Å². The lowest BCUT2D eigenvalue weighted by atomic mass is 9.40. The first-order valence-electron chi connectivity index (χ1n) is 9.12. The summed E-state index contributed by atoms with van der Waals surface area (Å²) in [5, 5.41) is 0. The molecule has 0 aromatic heterocycles. The first kappa shape index (κ1) is 16.1. The molecule has 0 amide bonds. The molecule has 0 bridgehead atoms. The van der Waals surface area contributed by atoms with Gasteiger partial charge in [0.1, 0.15) is 11.5 Å². The number of ether oxygens (including phenoxy) is 1. The van der Waals surface area contributed by atoms with Crippen molar-refractivity contribution in [1.82, 2.24) is 0 Å². The zero-order valence-corrected chi connectivity index (χ0v) is 15.1. The number of hydrogen-bond donors (Lipinski definition) is 0. The van der Waals surface area contributed by atoms with Crippen LogP contribution in [-0.4, -0.2) is 11.6 Å². The van der Waals surface area contributed by atoms with Crippen LogP contribution in [0.1, 0.15) is 67.2 Å². The van der Waals surface area contributed by atoms with Gasteiger partial charge in [-0.1, -0.05) is 53.7 Å². The molecule has 3 rings (SSSR count). The molecule has 2 heteroatoms. The number of esters is 1. The van der Waals surface area contributed by atoms with Crippen molar-refractivity contribution in [2.75, 3.05) is 0 Å². The Morgan fingerprint density at radius 2 is 1.91 bits per heavy atom. The van der Waals surface area contributed by atoms with Crippen LogP contribution in [0.2, 0.25) is 0 Å². The van der Waals surface area contributed by atoms with E-state index in [4.69, 9.17) is 4.74 Å². The third kappa shape index (κ3) is 1.70. The molecule has 2 fully saturated rings. The van der Waals surface area contributed by atoms with Crippen LogP contribution in [0.5, 0.6) is 0 Å². The molecule has 0 N–H and O–H groups in total. The molecule has 6 unspecified atom stereocenters. The van der Waals surface area contributed by atoms with Gasteiger partial charge in [-0.3, -0.25) is 4.79 Å². The van der Waals surface area contributed by atoms with Gasteiger partial charge in [-0.15, -0.1) is 0 Å². The number of allylic oxidation sites excluding steroid dienone is 2. The van der Waals surface area contributed by atoms with Gasteiger partial charge >= 0.3 is 5.97 Å². The Morgan fingerprint density at radius 3 is 2.45 bits per heavy atom. The van der Waals surface area contributed by atoms with E-state index in [0.29, 0.717) is 17.8 Å². The van der Waals surface area contributed by atoms with E-state index >= 15 is 0 Å². The predicted molar refractivity (Wildman–Crippen MR) is 89.3 cm³/mol. The highest BCUT2D eigenvalue weighted by atomic mass is 16.6. The second kappa shape index (κ2) is 4.85. The zero-order chi connectivity index (χ0) is 16.3. The number of hydrogen-bond acceptors (Lipinski definition) is 2. The summed E-state index contributed by atoms with van der Waals surface area (Å²) in [6, 6.07) is 0. The maximum atomic E-state index is 12.5. The molecule has 1 saturated heterocycles. The van der Waals surface area contributed by atoms with Gasteiger partial charge in [0.2, 0.25) is 0 Å². The van der Waals surface area contributed by atoms with Crippen LogP contribution in [-0.2, 0) is 9.53 Å². The minimum atomic E-state index is -0.205. The topological polar surface area (TPSA) is 26.3 Å². The minimum Gasteiger partial charge on any atom is -0.457 e. The number of fused-ring (bicyclic) bond motifs is 3. The molecule has 6 atom stereocenters. The molecule has 124 valence electrons. The van der Waals surface area contributed by atoms with Crippen LogP contribution < -0.4 is 0 Å². The number of carbonyl (C=O) groups is 1. The number of rotatable bonds is 3. The summed E-state index contributed by atoms with van der Waals surface area (Å²) in [5.74, 6) is 1.71. The highest BCUT2D eigenvalue weighted by Crippen LogP contribution is 2.69. The minimum absolute atomic E-state index is 0.0408. The van der Waals surface area contributed by atoms with Gasteiger partial charge in [-0.25, -0.2) is 0 Å². The van der Waals surface area contributed by atoms with Crippen molar-refractivity contribution in [2.24, 2.45) is 34.5 Å². The van der Waals surface area contributed by atoms with Gasteiger partial charge < -0.3 is 4.74 Å². The fourth-order valence-corrected chi connectivity index (χ4v) is 5.90. The van der Waals surface area contributed by atoms with E-state index in [1.807, 2.05) is 0 Å². The zero-order valence-electron chi connectivity index (χ0n) is 15.1. The predicted octanol–water partition coefficient (Wildman–Crippen LogP) is 4.98. The molecule has 0 spiro atoms. The lowest BCUT2D eigenvalue weighted by Crippen LogP contribution is -2.73. The Balaban J connectivity index is 2.05. The Kier molecular flexibility index (Phi) is 3.55. The highest BCUT2D eigenvalue weighted by molar-refractivity contribution is 5.82. The average Bonchev–Trinajstić information content (AvgIpc) is 2.44. The van der Waals surface area contributed by atoms with Gasteiger partial charge in [0.15, 0.2) is 0 Å². The lowest BCUT2D eigenvalue weighted by molar-refractivity contribution is -0.286. The van der Waals surface area contributed by atoms with E-state index in [2.05, 4.69) is 53.7 Å². The molecule has 3 aliphatic rings. The summed E-state index contributed by atoms with van der Waals surface area (Å²) in [5.41, 5.74) is 0.0585. The van der Waals surface area contributed by atoms with Gasteiger partial charge in [0.25, 0.3) is 0 Å². The van der Waals surface area contributed by atoms with Crippen molar-refractivity contribution in [3.05, 3.63) is 12.2 Å². The molecule has 2 aliphatic carbocycles. The first-order valence-corrected chi connectivity index (χ1v) is 9.12. The molecular formula is C20H32O2. The molecule has 22 heavy (non-hydrogen) atoms. The Bertz CT molecular complexity index is 508. The van der Waals surface area contributed by atoms with Crippen LogP contribution in [0.15, 0.2) is 12.2 Å². The molecule has 1 aliphatic heterocycles. The van der Waals surface area contributed by atoms with Crippen LogP contribution in [0.4, 0.5) is 0 Å². The fraction of sp³-hybridized carbons (Fsp3) is 0.850. The van der Waals surface area contributed by atoms with Crippen molar-refractivity contribution < 1.29 is 9.53 Å². The maximum absolute atomic E-state index is 12.5. The van der Waals surface area contributed by atoms with E-state index in [9.17, 15) is 4.79 Å². The molecule has 2 nitrogen and oxygen atoms in total. The van der Waals surface area contributed by atoms with E-state index in [-0.39, 0.29) is 28.3 Å². The summed E-state index contributed by atoms with van der Waals surface area (Å²) in [6.45, 7) is 13.9. The lowest BCUT2D eigenvalue weighted by Gasteiger charge is -2.68. The van der Waals surface area contributed by atoms with E-state index < -0.39 is 0 Å². The van der Waals surface area contributed by atoms with Crippen molar-refractivity contribution in [1.29, 1.82) is 0 Å². The smallest absolute Gasteiger partial charge is 0.314 e. The van der Waals surface area contributed by atoms with Crippen LogP contribution in [0, 0.1) is 34.5 Å². The van der Waals surface area contributed by atoms with Crippen molar-refractivity contribution in [3.8, 4) is 0 Å². The van der Waals surface area contributed by atoms with E-state index in [1.165, 1.54) is 6.42 Å². The van der Waals surface area contributed by atoms with Crippen molar-refractivity contribution in [2.45, 2.75) is 72.8 Å². The van der Waals surface area contributed by atoms with Crippen molar-refractivity contribution >= 4 is 5.97 Å². The van der Waals surface area contributed by atoms with Crippen LogP contribution in [0.25, 0.3) is 0 Å². The third-order valence-electron chi connectivity index (χ3n) is 7.93. The SMILES string of the molecule is CCC1C=CCC2(C)C3C(=O)OC3(C(C)C(C)C)CCC12C. The van der Waals surface area contributed by atoms with Crippen molar-refractivity contribution in [3.63, 3.8) is 0 Å². The molecule has 1 heterocycles. The van der Waals surface area contributed by atoms with Crippen LogP contribution >= 0.6 is 0 Å². The molecular weight excluding hydrogens is 272 g/mol. The third-order valence-corrected chi connectivity index (χ3v) is 7.93. The summed E-state index contributed by atoms with van der Waals surface area (Å²) in [4.78, 5) is 12.5. The molecule has 0 aromatic rings. The molecule has 0 radical (unpaired) electrons. The normalized spacial score (nSPS) is 48.2. The summed E-state index contributed by atoms with van der Waals surface area (Å²) >= 11 is 0. The van der Waals surface area contributed by atoms with E-state index in [1.54, 1.807) is 0 Å². The van der Waals surface area contributed by atoms with E-state index in [0.717, 1.165) is 19.3 Å². The largest absolute Gasteiger partial charge is 0.457 e. The quantitative estimate of drug-likeness (QED) is 0.543. The second-order valence-electron chi connectivity index (χ2n) is 8.82. The Labute approximate surface area is 135 Å². The number of carbonyl (C=O) groups excluding carboxylic acids is 1. The maximum Gasteiger partial charge on any atom is 0.314 e. The fourth-order valence-electron chi connectivity index (χ4n) is 5.90. The molecule has 0 aromatic carbocycles. The summed E-state index contributed by atoms with van der Waals surface area (Å²) in [6.07, 6.45) is 9.14. The highest BCUT2D eigenvalue weighted by Gasteiger charge is 2.73. The average molecular weight is 304 g/mol. The van der Waals surface area contributed by atoms with Gasteiger partial charge in [-0.05, 0) is 54.3 Å². The standard InChI is InChI=1S/C20H32O2/c1-7-15-9-8-10-19(6)16-17(21)22-20(16,14(4)13(2)3)12-11-18(15,19)5/h8-9,13-16H,7,10-12H2,1-6H3. The van der Waals surface area contributed by atoms with Crippen LogP contribution in [0.3, 0.4) is 0 Å². The summed E-state index contributed by atoms with van der Waals surface area (Å²) in [7, 11) is 0. The second-order valence-corrected chi connectivity index (χ2v) is 8.82. The molecule has 1 saturated carbocycles. The first-order chi connectivity index (χ1) is 10.2. The Hall–Kier alpha value is -0.790. The summed E-state index contributed by atoms with van der Waals surface area (Å²) < 4.78 is 5.92. The van der Waals surface area contributed by atoms with Gasteiger partial charge in [-0.2, -0.15) is 0 Å². The Morgan fingerprint density at radius 1 is 1.23 bits per heavy atom. The van der Waals surface area contributed by atoms with Gasteiger partial charge in [0, 0.05) is 0 Å².